The van der Waals surface area contributed by atoms with Crippen molar-refractivity contribution in [2.24, 2.45) is 11.8 Å². The highest BCUT2D eigenvalue weighted by atomic mass is 32.2. The fourth-order valence-electron chi connectivity index (χ4n) is 7.72. The molecule has 2 saturated carbocycles. The number of aromatic nitrogens is 2. The number of hydrogen-bond acceptors (Lipinski definition) is 12. The highest BCUT2D eigenvalue weighted by molar-refractivity contribution is 8.01. The van der Waals surface area contributed by atoms with Gasteiger partial charge in [-0.2, -0.15) is 0 Å². The van der Waals surface area contributed by atoms with Crippen molar-refractivity contribution in [1.29, 1.82) is 0 Å². The molecule has 6 aromatic rings. The number of carbonyl (C=O) groups excluding carboxylic acids is 4. The molecule has 2 aliphatic carbocycles. The van der Waals surface area contributed by atoms with Crippen molar-refractivity contribution >= 4 is 115 Å². The number of benzene rings is 4. The molecule has 65 heavy (non-hydrogen) atoms. The maximum absolute atomic E-state index is 13.0. The van der Waals surface area contributed by atoms with Gasteiger partial charge in [0, 0.05) is 44.3 Å². The predicted molar refractivity (Wildman–Crippen MR) is 275 cm³/mol. The number of amides is 4. The van der Waals surface area contributed by atoms with Crippen LogP contribution in [0.1, 0.15) is 89.0 Å². The van der Waals surface area contributed by atoms with Crippen LogP contribution in [0, 0.1) is 18.8 Å². The lowest BCUT2D eigenvalue weighted by Gasteiger charge is -2.14. The second kappa shape index (κ2) is 24.3. The van der Waals surface area contributed by atoms with Crippen LogP contribution in [0.25, 0.3) is 0 Å². The molecule has 4 aromatic carbocycles. The molecule has 10 nitrogen and oxygen atoms in total. The Hall–Kier alpha value is -4.58. The van der Waals surface area contributed by atoms with Gasteiger partial charge in [-0.1, -0.05) is 109 Å². The molecule has 8 rings (SSSR count). The van der Waals surface area contributed by atoms with Gasteiger partial charge in [-0.3, -0.25) is 20.2 Å². The molecule has 0 radical (unpaired) electrons. The van der Waals surface area contributed by atoms with Gasteiger partial charge in [0.2, 0.25) is 0 Å². The summed E-state index contributed by atoms with van der Waals surface area (Å²) in [5, 5.41) is 12.5. The van der Waals surface area contributed by atoms with Crippen molar-refractivity contribution in [3.05, 3.63) is 131 Å². The minimum atomic E-state index is -0.389. The minimum absolute atomic E-state index is 0.0585. The Morgan fingerprint density at radius 3 is 1.46 bits per heavy atom. The summed E-state index contributed by atoms with van der Waals surface area (Å²) in [6, 6.07) is 32.5. The lowest BCUT2D eigenvalue weighted by Crippen LogP contribution is -2.22. The topological polar surface area (TPSA) is 142 Å². The van der Waals surface area contributed by atoms with Crippen molar-refractivity contribution in [1.82, 2.24) is 9.97 Å². The van der Waals surface area contributed by atoms with E-state index in [-0.39, 0.29) is 35.5 Å². The second-order valence-electron chi connectivity index (χ2n) is 15.6. The molecule has 0 aliphatic heterocycles. The van der Waals surface area contributed by atoms with Crippen molar-refractivity contribution in [2.75, 3.05) is 33.8 Å². The highest BCUT2D eigenvalue weighted by Crippen LogP contribution is 2.37. The number of nitrogens with zero attached hydrogens (tertiary/aromatic N) is 2. The van der Waals surface area contributed by atoms with E-state index in [0.717, 1.165) is 88.2 Å². The number of urea groups is 2. The molecule has 338 valence electrons. The number of anilines is 4. The van der Waals surface area contributed by atoms with Crippen LogP contribution in [0.2, 0.25) is 0 Å². The number of thioether (sulfide) groups is 4. The van der Waals surface area contributed by atoms with Crippen LogP contribution in [0.5, 0.6) is 0 Å². The van der Waals surface area contributed by atoms with Crippen LogP contribution < -0.4 is 21.3 Å². The van der Waals surface area contributed by atoms with E-state index in [1.54, 1.807) is 59.2 Å². The van der Waals surface area contributed by atoms with E-state index in [2.05, 4.69) is 55.5 Å². The molecule has 4 amide bonds. The number of nitrogens with one attached hydrogen (secondary N) is 4. The van der Waals surface area contributed by atoms with Gasteiger partial charge in [0.15, 0.2) is 21.8 Å². The Morgan fingerprint density at radius 1 is 0.554 bits per heavy atom. The van der Waals surface area contributed by atoms with E-state index in [4.69, 9.17) is 0 Å². The molecule has 0 saturated heterocycles. The van der Waals surface area contributed by atoms with Crippen LogP contribution in [0.3, 0.4) is 0 Å². The zero-order valence-electron chi connectivity index (χ0n) is 36.5. The number of ketones is 2. The standard InChI is InChI=1S/C25H27N3O2S3.C24H25N3O2S3/c1-16-12-13-20(19(14-16)22(29)17-8-6-7-9-17)26-24(30)28-25-27-21(23(31-2)33-25)15-32-18-10-4-3-5-11-18;1-30-22-20(15-31-17-11-3-2-4-12-17)26-24(32-22)27-23(29)25-19-14-8-7-13-18(19)21(28)16-9-5-6-10-16/h3-5,10-14,17H,6-9,15H2,1-2H3,(H2,26,27,28,30);2-4,7-8,11-14,16H,5-6,9-10,15H2,1H3,(H2,25,26,27,29). The highest BCUT2D eigenvalue weighted by Gasteiger charge is 2.28. The number of thiazole rings is 2. The van der Waals surface area contributed by atoms with Crippen LogP contribution in [0.4, 0.5) is 31.2 Å². The maximum atomic E-state index is 13.0. The van der Waals surface area contributed by atoms with E-state index in [1.165, 1.54) is 32.5 Å². The summed E-state index contributed by atoms with van der Waals surface area (Å²) in [6.07, 6.45) is 12.1. The predicted octanol–water partition coefficient (Wildman–Crippen LogP) is 14.7. The minimum Gasteiger partial charge on any atom is -0.307 e. The smallest absolute Gasteiger partial charge is 0.307 e. The Kier molecular flexibility index (Phi) is 18.1. The monoisotopic (exact) mass is 980 g/mol. The molecule has 2 heterocycles. The third kappa shape index (κ3) is 13.7. The number of carbonyl (C=O) groups is 4. The molecular formula is C49H52N6O4S6. The zero-order valence-corrected chi connectivity index (χ0v) is 41.4. The van der Waals surface area contributed by atoms with Gasteiger partial charge < -0.3 is 10.6 Å². The molecule has 2 aliphatic rings. The van der Waals surface area contributed by atoms with Gasteiger partial charge in [-0.25, -0.2) is 19.6 Å². The van der Waals surface area contributed by atoms with E-state index in [1.807, 2.05) is 86.2 Å². The molecule has 16 heteroatoms. The largest absolute Gasteiger partial charge is 0.325 e. The Balaban J connectivity index is 0.000000194. The molecule has 2 fully saturated rings. The van der Waals surface area contributed by atoms with E-state index in [9.17, 15) is 19.2 Å². The van der Waals surface area contributed by atoms with Gasteiger partial charge in [0.25, 0.3) is 0 Å². The molecular weight excluding hydrogens is 929 g/mol. The number of hydrogen-bond donors (Lipinski definition) is 4. The molecule has 0 unspecified atom stereocenters. The third-order valence-corrected chi connectivity index (χ3v) is 17.3. The van der Waals surface area contributed by atoms with Crippen molar-refractivity contribution in [3.63, 3.8) is 0 Å². The van der Waals surface area contributed by atoms with E-state index < -0.39 is 0 Å². The van der Waals surface area contributed by atoms with Gasteiger partial charge >= 0.3 is 12.1 Å². The van der Waals surface area contributed by atoms with Gasteiger partial charge in [-0.15, -0.1) is 47.0 Å². The third-order valence-electron chi connectivity index (χ3n) is 11.0. The van der Waals surface area contributed by atoms with Crippen molar-refractivity contribution in [3.8, 4) is 0 Å². The summed E-state index contributed by atoms with van der Waals surface area (Å²) in [7, 11) is 0. The molecule has 0 spiro atoms. The van der Waals surface area contributed by atoms with Gasteiger partial charge in [-0.05, 0) is 93.6 Å². The normalized spacial score (nSPS) is 13.8. The molecule has 0 atom stereocenters. The van der Waals surface area contributed by atoms with Crippen LogP contribution in [-0.4, -0.2) is 46.1 Å². The molecule has 4 N–H and O–H groups in total. The summed E-state index contributed by atoms with van der Waals surface area (Å²) in [4.78, 5) is 63.1. The zero-order chi connectivity index (χ0) is 45.5. The number of para-hydroxylation sites is 1. The summed E-state index contributed by atoms with van der Waals surface area (Å²) in [5.74, 6) is 1.84. The van der Waals surface area contributed by atoms with E-state index in [0.29, 0.717) is 32.8 Å². The summed E-state index contributed by atoms with van der Waals surface area (Å²) in [5.41, 5.74) is 5.21. The van der Waals surface area contributed by atoms with Crippen molar-refractivity contribution in [2.45, 2.75) is 88.0 Å². The first-order valence-electron chi connectivity index (χ1n) is 21.5. The Bertz CT molecular complexity index is 2560. The molecule has 0 bridgehead atoms. The average molecular weight is 981 g/mol. The first-order chi connectivity index (χ1) is 31.7. The van der Waals surface area contributed by atoms with Gasteiger partial charge in [0.05, 0.1) is 31.2 Å². The second-order valence-corrected chi connectivity index (χ2v) is 21.8. The van der Waals surface area contributed by atoms with Crippen LogP contribution >= 0.6 is 69.7 Å². The van der Waals surface area contributed by atoms with Crippen LogP contribution in [-0.2, 0) is 11.5 Å². The SMILES string of the molecule is CSc1sc(NC(=O)Nc2ccc(C)cc2C(=O)C2CCCC2)nc1CSc1ccccc1.CSc1sc(NC(=O)Nc2ccccc2C(=O)C2CCCC2)nc1CSc1ccccc1. The number of aryl methyl sites for hydroxylation is 1. The summed E-state index contributed by atoms with van der Waals surface area (Å²) >= 11 is 9.63. The summed E-state index contributed by atoms with van der Waals surface area (Å²) < 4.78 is 2.17. The fourth-order valence-corrected chi connectivity index (χ4v) is 13.1. The van der Waals surface area contributed by atoms with E-state index >= 15 is 0 Å². The number of rotatable bonds is 16. The Morgan fingerprint density at radius 2 is 0.985 bits per heavy atom. The lowest BCUT2D eigenvalue weighted by molar-refractivity contribution is 0.0916. The van der Waals surface area contributed by atoms with Crippen molar-refractivity contribution < 1.29 is 19.2 Å². The molecule has 2 aromatic heterocycles. The van der Waals surface area contributed by atoms with Gasteiger partial charge in [0.1, 0.15) is 0 Å². The first kappa shape index (κ1) is 48.4. The Labute approximate surface area is 406 Å². The quantitative estimate of drug-likeness (QED) is 0.0547. The average Bonchev–Trinajstić information content (AvgIpc) is 4.18. The summed E-state index contributed by atoms with van der Waals surface area (Å²) in [6.45, 7) is 1.96. The maximum Gasteiger partial charge on any atom is 0.325 e. The fraction of sp³-hybridized carbons (Fsp3) is 0.306. The first-order valence-corrected chi connectivity index (χ1v) is 27.6. The lowest BCUT2D eigenvalue weighted by atomic mass is 9.94. The van der Waals surface area contributed by atoms with Crippen LogP contribution in [0.15, 0.2) is 121 Å². The number of Topliss-reactive ketones (excluding diaryl/α,β-unsaturated/α-hetero) is 2.